The average molecular weight is 252 g/mol. The van der Waals surface area contributed by atoms with E-state index in [9.17, 15) is 4.79 Å². The molecule has 3 nitrogen and oxygen atoms in total. The van der Waals surface area contributed by atoms with Crippen LogP contribution in [0, 0.1) is 11.3 Å². The first-order valence-electron chi connectivity index (χ1n) is 7.57. The summed E-state index contributed by atoms with van der Waals surface area (Å²) >= 11 is 0. The predicted molar refractivity (Wildman–Crippen MR) is 74.4 cm³/mol. The summed E-state index contributed by atoms with van der Waals surface area (Å²) in [6.07, 6.45) is 5.91. The molecule has 0 spiro atoms. The van der Waals surface area contributed by atoms with Crippen LogP contribution in [0.3, 0.4) is 0 Å². The number of hydrogen-bond donors (Lipinski definition) is 1. The Morgan fingerprint density at radius 3 is 2.67 bits per heavy atom. The van der Waals surface area contributed by atoms with Crippen LogP contribution in [0.4, 0.5) is 0 Å². The lowest BCUT2D eigenvalue weighted by Gasteiger charge is -2.41. The second-order valence-electron chi connectivity index (χ2n) is 6.56. The molecule has 2 unspecified atom stereocenters. The highest BCUT2D eigenvalue weighted by atomic mass is 16.2. The molecular weight excluding hydrogens is 224 g/mol. The van der Waals surface area contributed by atoms with Gasteiger partial charge in [-0.15, -0.1) is 0 Å². The Morgan fingerprint density at radius 1 is 1.33 bits per heavy atom. The maximum absolute atomic E-state index is 12.8. The predicted octanol–water partition coefficient (Wildman–Crippen LogP) is 2.41. The monoisotopic (exact) mass is 252 g/mol. The second kappa shape index (κ2) is 5.60. The normalized spacial score (nSPS) is 31.3. The first-order valence-corrected chi connectivity index (χ1v) is 7.57. The van der Waals surface area contributed by atoms with Crippen LogP contribution in [0.15, 0.2) is 0 Å². The third kappa shape index (κ3) is 2.71. The Balaban J connectivity index is 2.07. The Morgan fingerprint density at radius 2 is 2.11 bits per heavy atom. The summed E-state index contributed by atoms with van der Waals surface area (Å²) in [5.41, 5.74) is 0.189. The van der Waals surface area contributed by atoms with Crippen LogP contribution >= 0.6 is 0 Å². The van der Waals surface area contributed by atoms with Gasteiger partial charge in [0.1, 0.15) is 0 Å². The Kier molecular flexibility index (Phi) is 4.31. The fourth-order valence-electron chi connectivity index (χ4n) is 3.65. The Labute approximate surface area is 111 Å². The lowest BCUT2D eigenvalue weighted by molar-refractivity contribution is -0.143. The summed E-state index contributed by atoms with van der Waals surface area (Å²) in [6.45, 7) is 9.56. The van der Waals surface area contributed by atoms with Gasteiger partial charge in [-0.3, -0.25) is 4.79 Å². The number of amides is 1. The van der Waals surface area contributed by atoms with Crippen molar-refractivity contribution in [2.45, 2.75) is 58.9 Å². The fraction of sp³-hybridized carbons (Fsp3) is 0.933. The molecule has 0 radical (unpaired) electrons. The molecule has 2 atom stereocenters. The summed E-state index contributed by atoms with van der Waals surface area (Å²) in [5.74, 6) is 0.655. The number of nitrogens with one attached hydrogen (secondary N) is 1. The molecule has 1 aliphatic carbocycles. The first kappa shape index (κ1) is 13.9. The largest absolute Gasteiger partial charge is 0.338 e. The summed E-state index contributed by atoms with van der Waals surface area (Å²) < 4.78 is 0. The van der Waals surface area contributed by atoms with Crippen molar-refractivity contribution < 1.29 is 4.79 Å². The fourth-order valence-corrected chi connectivity index (χ4v) is 3.65. The van der Waals surface area contributed by atoms with Crippen LogP contribution in [-0.4, -0.2) is 36.5 Å². The van der Waals surface area contributed by atoms with E-state index in [0.717, 1.165) is 32.5 Å². The van der Waals surface area contributed by atoms with E-state index in [1.54, 1.807) is 0 Å². The van der Waals surface area contributed by atoms with Gasteiger partial charge < -0.3 is 10.2 Å². The number of carbonyl (C=O) groups is 1. The van der Waals surface area contributed by atoms with Crippen molar-refractivity contribution >= 4 is 5.91 Å². The number of nitrogens with zero attached hydrogens (tertiary/aromatic N) is 1. The zero-order chi connectivity index (χ0) is 13.2. The molecule has 2 aliphatic rings. The van der Waals surface area contributed by atoms with E-state index in [0.29, 0.717) is 11.9 Å². The number of rotatable bonds is 3. The second-order valence-corrected chi connectivity index (χ2v) is 6.56. The van der Waals surface area contributed by atoms with Crippen molar-refractivity contribution in [1.82, 2.24) is 10.2 Å². The zero-order valence-corrected chi connectivity index (χ0v) is 12.2. The van der Waals surface area contributed by atoms with E-state index in [2.05, 4.69) is 31.0 Å². The van der Waals surface area contributed by atoms with Crippen LogP contribution in [0.2, 0.25) is 0 Å². The molecule has 1 saturated heterocycles. The van der Waals surface area contributed by atoms with Crippen LogP contribution in [-0.2, 0) is 4.79 Å². The minimum absolute atomic E-state index is 0.189. The van der Waals surface area contributed by atoms with Crippen LogP contribution in [0.5, 0.6) is 0 Å². The van der Waals surface area contributed by atoms with Crippen LogP contribution in [0.1, 0.15) is 52.9 Å². The van der Waals surface area contributed by atoms with Gasteiger partial charge in [-0.2, -0.15) is 0 Å². The SMILES string of the molecule is CCN(C(=O)C1CCCCC1(C)C)C1CCNC1. The number of carbonyl (C=O) groups excluding carboxylic acids is 1. The van der Waals surface area contributed by atoms with Gasteiger partial charge >= 0.3 is 0 Å². The Bertz CT molecular complexity index is 295. The summed E-state index contributed by atoms with van der Waals surface area (Å²) in [7, 11) is 0. The summed E-state index contributed by atoms with van der Waals surface area (Å²) in [4.78, 5) is 15.0. The third-order valence-electron chi connectivity index (χ3n) is 4.90. The van der Waals surface area contributed by atoms with Crippen molar-refractivity contribution in [3.8, 4) is 0 Å². The molecule has 0 aromatic rings. The van der Waals surface area contributed by atoms with E-state index in [1.165, 1.54) is 19.3 Å². The lowest BCUT2D eigenvalue weighted by Crippen LogP contribution is -2.48. The van der Waals surface area contributed by atoms with Gasteiger partial charge in [-0.1, -0.05) is 26.7 Å². The Hall–Kier alpha value is -0.570. The van der Waals surface area contributed by atoms with Gasteiger partial charge in [-0.25, -0.2) is 0 Å². The molecule has 2 rings (SSSR count). The number of hydrogen-bond acceptors (Lipinski definition) is 2. The van der Waals surface area contributed by atoms with Crippen molar-refractivity contribution in [3.63, 3.8) is 0 Å². The number of likely N-dealkylation sites (N-methyl/N-ethyl adjacent to an activating group) is 1. The molecule has 1 saturated carbocycles. The molecular formula is C15H28N2O. The van der Waals surface area contributed by atoms with Gasteiger partial charge in [0.15, 0.2) is 0 Å². The molecule has 1 aliphatic heterocycles. The molecule has 0 aromatic heterocycles. The van der Waals surface area contributed by atoms with Crippen LogP contribution < -0.4 is 5.32 Å². The van der Waals surface area contributed by atoms with Crippen LogP contribution in [0.25, 0.3) is 0 Å². The van der Waals surface area contributed by atoms with Gasteiger partial charge in [-0.05, 0) is 38.1 Å². The zero-order valence-electron chi connectivity index (χ0n) is 12.2. The van der Waals surface area contributed by atoms with E-state index >= 15 is 0 Å². The van der Waals surface area contributed by atoms with Crippen molar-refractivity contribution in [2.75, 3.05) is 19.6 Å². The lowest BCUT2D eigenvalue weighted by atomic mass is 9.68. The molecule has 2 fully saturated rings. The highest BCUT2D eigenvalue weighted by Gasteiger charge is 2.40. The van der Waals surface area contributed by atoms with Crippen molar-refractivity contribution in [2.24, 2.45) is 11.3 Å². The maximum Gasteiger partial charge on any atom is 0.226 e. The average Bonchev–Trinajstić information content (AvgIpc) is 2.83. The topological polar surface area (TPSA) is 32.3 Å². The maximum atomic E-state index is 12.8. The van der Waals surface area contributed by atoms with Crippen molar-refractivity contribution in [1.29, 1.82) is 0 Å². The van der Waals surface area contributed by atoms with Gasteiger partial charge in [0.05, 0.1) is 0 Å². The highest BCUT2D eigenvalue weighted by molar-refractivity contribution is 5.80. The van der Waals surface area contributed by atoms with E-state index in [1.807, 2.05) is 0 Å². The third-order valence-corrected chi connectivity index (χ3v) is 4.90. The summed E-state index contributed by atoms with van der Waals surface area (Å²) in [6, 6.07) is 0.431. The standard InChI is InChI=1S/C15H28N2O/c1-4-17(12-8-10-16-11-12)14(18)13-7-5-6-9-15(13,2)3/h12-13,16H,4-11H2,1-3H3. The molecule has 1 heterocycles. The highest BCUT2D eigenvalue weighted by Crippen LogP contribution is 2.41. The van der Waals surface area contributed by atoms with Gasteiger partial charge in [0.2, 0.25) is 5.91 Å². The minimum Gasteiger partial charge on any atom is -0.338 e. The molecule has 1 N–H and O–H groups in total. The van der Waals surface area contributed by atoms with E-state index in [4.69, 9.17) is 0 Å². The molecule has 3 heteroatoms. The summed E-state index contributed by atoms with van der Waals surface area (Å²) in [5, 5.41) is 3.37. The molecule has 1 amide bonds. The molecule has 18 heavy (non-hydrogen) atoms. The molecule has 104 valence electrons. The first-order chi connectivity index (χ1) is 8.56. The van der Waals surface area contributed by atoms with Gasteiger partial charge in [0, 0.05) is 25.0 Å². The molecule has 0 bridgehead atoms. The minimum atomic E-state index is 0.189. The quantitative estimate of drug-likeness (QED) is 0.836. The van der Waals surface area contributed by atoms with Crippen molar-refractivity contribution in [3.05, 3.63) is 0 Å². The smallest absolute Gasteiger partial charge is 0.226 e. The van der Waals surface area contributed by atoms with E-state index in [-0.39, 0.29) is 11.3 Å². The molecule has 0 aromatic carbocycles. The van der Waals surface area contributed by atoms with Gasteiger partial charge in [0.25, 0.3) is 0 Å². The van der Waals surface area contributed by atoms with E-state index < -0.39 is 0 Å².